The zero-order valence-electron chi connectivity index (χ0n) is 11.3. The van der Waals surface area contributed by atoms with Crippen LogP contribution in [0.2, 0.25) is 0 Å². The summed E-state index contributed by atoms with van der Waals surface area (Å²) in [4.78, 5) is 10.9. The molecule has 1 N–H and O–H groups in total. The second kappa shape index (κ2) is 4.47. The van der Waals surface area contributed by atoms with Crippen molar-refractivity contribution < 1.29 is 14.3 Å². The number of carbonyl (C=O) groups is 1. The summed E-state index contributed by atoms with van der Waals surface area (Å²) < 4.78 is 15.8. The van der Waals surface area contributed by atoms with Gasteiger partial charge < -0.3 is 9.67 Å². The number of halogens is 1. The van der Waals surface area contributed by atoms with Gasteiger partial charge in [0, 0.05) is 23.5 Å². The number of benzene rings is 1. The lowest BCUT2D eigenvalue weighted by Crippen LogP contribution is -2.02. The molecule has 0 fully saturated rings. The van der Waals surface area contributed by atoms with E-state index in [1.54, 1.807) is 0 Å². The average molecular weight is 273 g/mol. The van der Waals surface area contributed by atoms with Crippen molar-refractivity contribution in [2.75, 3.05) is 0 Å². The number of carboxylic acids is 1. The lowest BCUT2D eigenvalue weighted by atomic mass is 9.98. The molecule has 0 saturated heterocycles. The molecule has 1 aliphatic rings. The van der Waals surface area contributed by atoms with Gasteiger partial charge in [-0.2, -0.15) is 0 Å². The maximum atomic E-state index is 13.8. The summed E-state index contributed by atoms with van der Waals surface area (Å²) in [5, 5.41) is 9.94. The molecule has 2 heterocycles. The van der Waals surface area contributed by atoms with Crippen LogP contribution in [-0.2, 0) is 11.3 Å². The highest BCUT2D eigenvalue weighted by Crippen LogP contribution is 2.38. The molecule has 0 saturated carbocycles. The molecule has 4 heteroatoms. The fourth-order valence-electron chi connectivity index (χ4n) is 3.13. The van der Waals surface area contributed by atoms with E-state index in [2.05, 4.69) is 6.58 Å². The highest BCUT2D eigenvalue weighted by atomic mass is 19.1. The van der Waals surface area contributed by atoms with Gasteiger partial charge in [0.05, 0.1) is 11.9 Å². The number of hydrogen-bond acceptors (Lipinski definition) is 1. The second-order valence-corrected chi connectivity index (χ2v) is 5.47. The molecule has 20 heavy (non-hydrogen) atoms. The van der Waals surface area contributed by atoms with Crippen molar-refractivity contribution in [1.29, 1.82) is 0 Å². The van der Waals surface area contributed by atoms with Gasteiger partial charge in [0.15, 0.2) is 0 Å². The molecule has 0 amide bonds. The summed E-state index contributed by atoms with van der Waals surface area (Å²) in [6, 6.07) is 5.01. The van der Waals surface area contributed by atoms with Gasteiger partial charge in [-0.05, 0) is 37.1 Å². The summed E-state index contributed by atoms with van der Waals surface area (Å²) >= 11 is 0. The number of fused-ring (bicyclic) bond motifs is 3. The number of aromatic nitrogens is 1. The summed E-state index contributed by atoms with van der Waals surface area (Å²) in [7, 11) is 0. The quantitative estimate of drug-likeness (QED) is 0.924. The van der Waals surface area contributed by atoms with Crippen LogP contribution >= 0.6 is 0 Å². The van der Waals surface area contributed by atoms with Crippen molar-refractivity contribution in [3.63, 3.8) is 0 Å². The minimum Gasteiger partial charge on any atom is -0.481 e. The van der Waals surface area contributed by atoms with Crippen LogP contribution in [0.25, 0.3) is 16.5 Å². The van der Waals surface area contributed by atoms with E-state index in [1.807, 2.05) is 17.6 Å². The van der Waals surface area contributed by atoms with E-state index in [9.17, 15) is 9.18 Å². The van der Waals surface area contributed by atoms with E-state index in [-0.39, 0.29) is 18.2 Å². The molecule has 1 aromatic carbocycles. The zero-order valence-corrected chi connectivity index (χ0v) is 11.3. The van der Waals surface area contributed by atoms with Crippen LogP contribution in [0.15, 0.2) is 24.8 Å². The Kier molecular flexibility index (Phi) is 2.89. The molecule has 0 bridgehead atoms. The largest absolute Gasteiger partial charge is 0.481 e. The predicted molar refractivity (Wildman–Crippen MR) is 76.2 cm³/mol. The van der Waals surface area contributed by atoms with Crippen LogP contribution in [0.1, 0.15) is 36.9 Å². The molecule has 1 atom stereocenters. The highest BCUT2D eigenvalue weighted by molar-refractivity contribution is 5.93. The number of aliphatic carboxylic acids is 1. The number of aryl methyl sites for hydroxylation is 1. The minimum atomic E-state index is -0.792. The van der Waals surface area contributed by atoms with Crippen molar-refractivity contribution in [1.82, 2.24) is 4.57 Å². The van der Waals surface area contributed by atoms with Crippen molar-refractivity contribution >= 4 is 22.4 Å². The van der Waals surface area contributed by atoms with Gasteiger partial charge >= 0.3 is 5.97 Å². The van der Waals surface area contributed by atoms with Crippen molar-refractivity contribution in [3.05, 3.63) is 41.9 Å². The van der Waals surface area contributed by atoms with Gasteiger partial charge in [-0.25, -0.2) is 4.39 Å². The van der Waals surface area contributed by atoms with E-state index < -0.39 is 5.97 Å². The van der Waals surface area contributed by atoms with Crippen molar-refractivity contribution in [3.8, 4) is 0 Å². The van der Waals surface area contributed by atoms with Crippen LogP contribution in [0, 0.1) is 5.82 Å². The molecule has 2 aromatic rings. The van der Waals surface area contributed by atoms with E-state index >= 15 is 0 Å². The summed E-state index contributed by atoms with van der Waals surface area (Å²) in [5.74, 6) is -1.06. The number of rotatable bonds is 3. The third kappa shape index (κ3) is 1.92. The van der Waals surface area contributed by atoms with Gasteiger partial charge in [0.2, 0.25) is 0 Å². The zero-order chi connectivity index (χ0) is 14.4. The molecule has 0 spiro atoms. The maximum absolute atomic E-state index is 13.8. The van der Waals surface area contributed by atoms with Crippen LogP contribution in [0.5, 0.6) is 0 Å². The Morgan fingerprint density at radius 2 is 2.25 bits per heavy atom. The fraction of sp³-hybridized carbons (Fsp3) is 0.312. The third-order valence-electron chi connectivity index (χ3n) is 4.02. The number of hydrogen-bond donors (Lipinski definition) is 1. The highest BCUT2D eigenvalue weighted by Gasteiger charge is 2.27. The van der Waals surface area contributed by atoms with Crippen LogP contribution in [0.4, 0.5) is 4.39 Å². The molecular weight excluding hydrogens is 257 g/mol. The molecular formula is C16H16FNO2. The number of nitrogens with zero attached hydrogens (tertiary/aromatic N) is 1. The maximum Gasteiger partial charge on any atom is 0.304 e. The second-order valence-electron chi connectivity index (χ2n) is 5.47. The van der Waals surface area contributed by atoms with E-state index in [0.717, 1.165) is 40.7 Å². The summed E-state index contributed by atoms with van der Waals surface area (Å²) in [6.07, 6.45) is 0.928. The summed E-state index contributed by atoms with van der Waals surface area (Å²) in [6.45, 7) is 6.50. The van der Waals surface area contributed by atoms with Gasteiger partial charge in [0.1, 0.15) is 5.82 Å². The number of carboxylic acid groups (broad SMARTS) is 1. The van der Waals surface area contributed by atoms with E-state index in [4.69, 9.17) is 5.11 Å². The molecule has 1 aliphatic heterocycles. The fourth-order valence-corrected chi connectivity index (χ4v) is 3.13. The molecule has 0 aliphatic carbocycles. The molecule has 1 unspecified atom stereocenters. The topological polar surface area (TPSA) is 42.2 Å². The number of allylic oxidation sites excluding steroid dienone is 1. The Hall–Kier alpha value is -2.10. The Bertz CT molecular complexity index is 730. The van der Waals surface area contributed by atoms with Crippen LogP contribution in [-0.4, -0.2) is 15.6 Å². The van der Waals surface area contributed by atoms with E-state index in [1.165, 1.54) is 12.1 Å². The minimum absolute atomic E-state index is 0.0148. The third-order valence-corrected chi connectivity index (χ3v) is 4.02. The predicted octanol–water partition coefficient (Wildman–Crippen LogP) is 3.78. The average Bonchev–Trinajstić information content (AvgIpc) is 2.88. The molecule has 104 valence electrons. The first-order valence-corrected chi connectivity index (χ1v) is 6.67. The first-order chi connectivity index (χ1) is 9.47. The van der Waals surface area contributed by atoms with Gasteiger partial charge in [-0.15, -0.1) is 0 Å². The van der Waals surface area contributed by atoms with Crippen LogP contribution < -0.4 is 0 Å². The Morgan fingerprint density at radius 1 is 1.50 bits per heavy atom. The van der Waals surface area contributed by atoms with Crippen molar-refractivity contribution in [2.24, 2.45) is 0 Å². The SMILES string of the molecule is C=C(C)c1cc(F)cc2c1cc1n2CCC1CC(=O)O. The Balaban J connectivity index is 2.20. The lowest BCUT2D eigenvalue weighted by Gasteiger charge is -2.05. The molecule has 3 rings (SSSR count). The smallest absolute Gasteiger partial charge is 0.304 e. The van der Waals surface area contributed by atoms with E-state index in [0.29, 0.717) is 0 Å². The van der Waals surface area contributed by atoms with Crippen molar-refractivity contribution in [2.45, 2.75) is 32.2 Å². The molecule has 1 aromatic heterocycles. The Morgan fingerprint density at radius 3 is 2.90 bits per heavy atom. The molecule has 3 nitrogen and oxygen atoms in total. The monoisotopic (exact) mass is 273 g/mol. The first-order valence-electron chi connectivity index (χ1n) is 6.67. The van der Waals surface area contributed by atoms with Gasteiger partial charge in [0.25, 0.3) is 0 Å². The lowest BCUT2D eigenvalue weighted by molar-refractivity contribution is -0.137. The normalized spacial score (nSPS) is 17.4. The Labute approximate surface area is 116 Å². The van der Waals surface area contributed by atoms with Gasteiger partial charge in [-0.3, -0.25) is 4.79 Å². The standard InChI is InChI=1S/C16H16FNO2/c1-9(2)12-6-11(17)7-15-13(12)8-14-10(5-16(19)20)3-4-18(14)15/h6-8,10H,1,3-5H2,2H3,(H,19,20). The first kappa shape index (κ1) is 12.9. The molecule has 0 radical (unpaired) electrons. The van der Waals surface area contributed by atoms with Gasteiger partial charge in [-0.1, -0.05) is 12.2 Å². The van der Waals surface area contributed by atoms with Crippen LogP contribution in [0.3, 0.4) is 0 Å². The summed E-state index contributed by atoms with van der Waals surface area (Å²) in [5.41, 5.74) is 3.45.